The lowest BCUT2D eigenvalue weighted by Crippen LogP contribution is -2.05. The van der Waals surface area contributed by atoms with Crippen molar-refractivity contribution in [1.29, 1.82) is 0 Å². The van der Waals surface area contributed by atoms with E-state index in [1.807, 2.05) is 0 Å². The highest BCUT2D eigenvalue weighted by atomic mass is 19.4. The number of methoxy groups -OCH3 is 1. The molecule has 0 bridgehead atoms. The molecule has 0 amide bonds. The van der Waals surface area contributed by atoms with Gasteiger partial charge in [-0.1, -0.05) is 0 Å². The summed E-state index contributed by atoms with van der Waals surface area (Å²) in [6, 6.07) is 4.47. The first-order valence-electron chi connectivity index (χ1n) is 4.93. The molecule has 0 saturated heterocycles. The molecule has 2 aromatic rings. The molecule has 0 radical (unpaired) electrons. The van der Waals surface area contributed by atoms with Crippen molar-refractivity contribution in [2.75, 3.05) is 7.11 Å². The quantitative estimate of drug-likeness (QED) is 0.761. The monoisotopic (exact) mass is 241 g/mol. The molecule has 2 nitrogen and oxygen atoms in total. The number of alkyl halides is 3. The molecular formula is C12H10F3NO. The number of hydrogen-bond donors (Lipinski definition) is 0. The third kappa shape index (κ3) is 2.18. The summed E-state index contributed by atoms with van der Waals surface area (Å²) < 4.78 is 42.7. The number of pyridine rings is 1. The number of nitrogens with zero attached hydrogens (tertiary/aromatic N) is 1. The minimum absolute atomic E-state index is 0.427. The molecule has 5 heteroatoms. The van der Waals surface area contributed by atoms with E-state index in [2.05, 4.69) is 4.98 Å². The smallest absolute Gasteiger partial charge is 0.417 e. The van der Waals surface area contributed by atoms with Crippen LogP contribution >= 0.6 is 0 Å². The highest BCUT2D eigenvalue weighted by Gasteiger charge is 2.31. The maximum atomic E-state index is 12.5. The molecular weight excluding hydrogens is 231 g/mol. The molecule has 90 valence electrons. The van der Waals surface area contributed by atoms with Crippen molar-refractivity contribution < 1.29 is 17.9 Å². The van der Waals surface area contributed by atoms with Crippen LogP contribution in [0.3, 0.4) is 0 Å². The number of rotatable bonds is 1. The van der Waals surface area contributed by atoms with Crippen LogP contribution in [0, 0.1) is 6.92 Å². The molecule has 0 aliphatic heterocycles. The average Bonchev–Trinajstić information content (AvgIpc) is 2.25. The van der Waals surface area contributed by atoms with Gasteiger partial charge in [-0.25, -0.2) is 0 Å². The number of hydrogen-bond acceptors (Lipinski definition) is 2. The molecule has 0 atom stereocenters. The van der Waals surface area contributed by atoms with Gasteiger partial charge in [-0.2, -0.15) is 13.2 Å². The van der Waals surface area contributed by atoms with E-state index in [1.165, 1.54) is 7.11 Å². The van der Waals surface area contributed by atoms with Gasteiger partial charge in [0.2, 0.25) is 0 Å². The zero-order valence-corrected chi connectivity index (χ0v) is 9.30. The maximum Gasteiger partial charge on any atom is 0.417 e. The number of fused-ring (bicyclic) bond motifs is 1. The molecule has 1 aromatic heterocycles. The van der Waals surface area contributed by atoms with Gasteiger partial charge in [0.15, 0.2) is 0 Å². The summed E-state index contributed by atoms with van der Waals surface area (Å²) in [5.41, 5.74) is 0.513. The summed E-state index contributed by atoms with van der Waals surface area (Å²) in [4.78, 5) is 3.81. The number of aryl methyl sites for hydroxylation is 1. The third-order valence-electron chi connectivity index (χ3n) is 2.44. The van der Waals surface area contributed by atoms with Gasteiger partial charge >= 0.3 is 6.18 Å². The van der Waals surface area contributed by atoms with Crippen molar-refractivity contribution >= 4 is 10.9 Å². The SMILES string of the molecule is COc1cc(C)cc2cc(C(F)(F)F)cnc12. The standard InChI is InChI=1S/C12H10F3NO/c1-7-3-8-5-9(12(13,14)15)6-16-11(8)10(4-7)17-2/h3-6H,1-2H3. The molecule has 0 saturated carbocycles. The van der Waals surface area contributed by atoms with Crippen LogP contribution in [0.5, 0.6) is 5.75 Å². The van der Waals surface area contributed by atoms with Gasteiger partial charge in [0.1, 0.15) is 11.3 Å². The van der Waals surface area contributed by atoms with Gasteiger partial charge in [0, 0.05) is 11.6 Å². The fraction of sp³-hybridized carbons (Fsp3) is 0.250. The van der Waals surface area contributed by atoms with Crippen LogP contribution in [0.15, 0.2) is 24.4 Å². The van der Waals surface area contributed by atoms with E-state index in [9.17, 15) is 13.2 Å². The van der Waals surface area contributed by atoms with Gasteiger partial charge in [0.05, 0.1) is 12.7 Å². The first-order chi connectivity index (χ1) is 7.91. The molecule has 1 aromatic carbocycles. The third-order valence-corrected chi connectivity index (χ3v) is 2.44. The summed E-state index contributed by atoms with van der Waals surface area (Å²) in [5.74, 6) is 0.480. The fourth-order valence-electron chi connectivity index (χ4n) is 1.67. The highest BCUT2D eigenvalue weighted by molar-refractivity contribution is 5.85. The Kier molecular flexibility index (Phi) is 2.69. The van der Waals surface area contributed by atoms with Crippen LogP contribution in [0.1, 0.15) is 11.1 Å². The molecule has 17 heavy (non-hydrogen) atoms. The number of benzene rings is 1. The Balaban J connectivity index is 2.70. The molecule has 0 spiro atoms. The predicted molar refractivity (Wildman–Crippen MR) is 58.0 cm³/mol. The fourth-order valence-corrected chi connectivity index (χ4v) is 1.67. The van der Waals surface area contributed by atoms with E-state index in [0.29, 0.717) is 16.7 Å². The normalized spacial score (nSPS) is 11.8. The number of aromatic nitrogens is 1. The summed E-state index contributed by atoms with van der Waals surface area (Å²) >= 11 is 0. The van der Waals surface area contributed by atoms with E-state index < -0.39 is 11.7 Å². The van der Waals surface area contributed by atoms with Crippen LogP contribution < -0.4 is 4.74 Å². The number of halogens is 3. The molecule has 2 rings (SSSR count). The van der Waals surface area contributed by atoms with Crippen molar-refractivity contribution in [3.05, 3.63) is 35.5 Å². The maximum absolute atomic E-state index is 12.5. The lowest BCUT2D eigenvalue weighted by molar-refractivity contribution is -0.137. The lowest BCUT2D eigenvalue weighted by Gasteiger charge is -2.10. The first kappa shape index (κ1) is 11.7. The van der Waals surface area contributed by atoms with Gasteiger partial charge < -0.3 is 4.74 Å². The largest absolute Gasteiger partial charge is 0.494 e. The average molecular weight is 241 g/mol. The molecule has 0 fully saturated rings. The second-order valence-corrected chi connectivity index (χ2v) is 3.76. The molecule has 0 aliphatic carbocycles. The second-order valence-electron chi connectivity index (χ2n) is 3.76. The second kappa shape index (κ2) is 3.91. The minimum atomic E-state index is -4.38. The predicted octanol–water partition coefficient (Wildman–Crippen LogP) is 3.57. The van der Waals surface area contributed by atoms with Crippen LogP contribution in [0.4, 0.5) is 13.2 Å². The van der Waals surface area contributed by atoms with Crippen molar-refractivity contribution in [2.45, 2.75) is 13.1 Å². The summed E-state index contributed by atoms with van der Waals surface area (Å²) in [6.45, 7) is 1.79. The Hall–Kier alpha value is -1.78. The highest BCUT2D eigenvalue weighted by Crippen LogP contribution is 2.33. The van der Waals surface area contributed by atoms with Crippen LogP contribution in [-0.4, -0.2) is 12.1 Å². The first-order valence-corrected chi connectivity index (χ1v) is 4.93. The zero-order chi connectivity index (χ0) is 12.6. The Labute approximate surface area is 96.0 Å². The zero-order valence-electron chi connectivity index (χ0n) is 9.30. The topological polar surface area (TPSA) is 22.1 Å². The van der Waals surface area contributed by atoms with E-state index in [0.717, 1.165) is 17.8 Å². The van der Waals surface area contributed by atoms with Crippen LogP contribution in [-0.2, 0) is 6.18 Å². The molecule has 0 unspecified atom stereocenters. The van der Waals surface area contributed by atoms with Crippen LogP contribution in [0.2, 0.25) is 0 Å². The number of ether oxygens (including phenoxy) is 1. The Morgan fingerprint density at radius 3 is 2.47 bits per heavy atom. The van der Waals surface area contributed by atoms with Gasteiger partial charge in [0.25, 0.3) is 0 Å². The van der Waals surface area contributed by atoms with E-state index in [1.54, 1.807) is 19.1 Å². The van der Waals surface area contributed by atoms with E-state index >= 15 is 0 Å². The summed E-state index contributed by atoms with van der Waals surface area (Å²) in [6.07, 6.45) is -3.56. The van der Waals surface area contributed by atoms with E-state index in [-0.39, 0.29) is 0 Å². The summed E-state index contributed by atoms with van der Waals surface area (Å²) in [5, 5.41) is 0.427. The van der Waals surface area contributed by atoms with Gasteiger partial charge in [-0.15, -0.1) is 0 Å². The Bertz CT molecular complexity index is 563. The van der Waals surface area contributed by atoms with Crippen molar-refractivity contribution in [2.24, 2.45) is 0 Å². The Morgan fingerprint density at radius 2 is 1.88 bits per heavy atom. The van der Waals surface area contributed by atoms with Gasteiger partial charge in [-0.05, 0) is 30.7 Å². The Morgan fingerprint density at radius 1 is 1.18 bits per heavy atom. The van der Waals surface area contributed by atoms with E-state index in [4.69, 9.17) is 4.74 Å². The molecule has 0 N–H and O–H groups in total. The van der Waals surface area contributed by atoms with Crippen LogP contribution in [0.25, 0.3) is 10.9 Å². The minimum Gasteiger partial charge on any atom is -0.494 e. The van der Waals surface area contributed by atoms with Crippen molar-refractivity contribution in [3.8, 4) is 5.75 Å². The van der Waals surface area contributed by atoms with Crippen molar-refractivity contribution in [1.82, 2.24) is 4.98 Å². The summed E-state index contributed by atoms with van der Waals surface area (Å²) in [7, 11) is 1.47. The van der Waals surface area contributed by atoms with Crippen molar-refractivity contribution in [3.63, 3.8) is 0 Å². The lowest BCUT2D eigenvalue weighted by atomic mass is 10.1. The molecule has 0 aliphatic rings. The van der Waals surface area contributed by atoms with Gasteiger partial charge in [-0.3, -0.25) is 4.98 Å². The molecule has 1 heterocycles.